The molecule has 0 aliphatic heterocycles. The van der Waals surface area contributed by atoms with E-state index in [2.05, 4.69) is 41.4 Å². The lowest BCUT2D eigenvalue weighted by atomic mass is 9.98. The molecule has 0 saturated carbocycles. The van der Waals surface area contributed by atoms with Gasteiger partial charge in [-0.3, -0.25) is 4.98 Å². The second-order valence-corrected chi connectivity index (χ2v) is 9.85. The molecule has 0 fully saturated rings. The van der Waals surface area contributed by atoms with Crippen molar-refractivity contribution in [1.29, 1.82) is 0 Å². The van der Waals surface area contributed by atoms with Crippen molar-refractivity contribution in [3.05, 3.63) is 152 Å². The highest BCUT2D eigenvalue weighted by Gasteiger charge is 2.15. The van der Waals surface area contributed by atoms with Crippen molar-refractivity contribution in [1.82, 2.24) is 24.9 Å². The Morgan fingerprint density at radius 3 is 1.36 bits per heavy atom. The molecule has 0 aliphatic rings. The topological polar surface area (TPSA) is 64.5 Å². The van der Waals surface area contributed by atoms with Gasteiger partial charge in [0.15, 0.2) is 17.5 Å². The van der Waals surface area contributed by atoms with E-state index in [1.807, 2.05) is 109 Å². The van der Waals surface area contributed by atoms with E-state index in [9.17, 15) is 0 Å². The summed E-state index contributed by atoms with van der Waals surface area (Å²) in [5, 5.41) is 0. The van der Waals surface area contributed by atoms with Crippen molar-refractivity contribution in [2.24, 2.45) is 0 Å². The van der Waals surface area contributed by atoms with Gasteiger partial charge in [-0.1, -0.05) is 103 Å². The Bertz CT molecular complexity index is 1900. The van der Waals surface area contributed by atoms with Crippen molar-refractivity contribution in [3.8, 4) is 67.8 Å². The van der Waals surface area contributed by atoms with E-state index in [1.54, 1.807) is 6.20 Å². The maximum atomic E-state index is 5.04. The Morgan fingerprint density at radius 1 is 0.310 bits per heavy atom. The van der Waals surface area contributed by atoms with Crippen molar-refractivity contribution in [2.45, 2.75) is 0 Å². The summed E-state index contributed by atoms with van der Waals surface area (Å²) >= 11 is 0. The van der Waals surface area contributed by atoms with Crippen LogP contribution in [-0.2, 0) is 0 Å². The van der Waals surface area contributed by atoms with Gasteiger partial charge in [-0.15, -0.1) is 0 Å². The summed E-state index contributed by atoms with van der Waals surface area (Å²) in [6.45, 7) is 0. The molecule has 5 heteroatoms. The molecule has 3 heterocycles. The number of benzene rings is 4. The summed E-state index contributed by atoms with van der Waals surface area (Å²) in [6, 6.07) is 46.7. The fourth-order valence-corrected chi connectivity index (χ4v) is 4.91. The van der Waals surface area contributed by atoms with Crippen molar-refractivity contribution in [3.63, 3.8) is 0 Å². The normalized spacial score (nSPS) is 10.9. The Labute approximate surface area is 244 Å². The van der Waals surface area contributed by atoms with Gasteiger partial charge in [-0.05, 0) is 42.0 Å². The highest BCUT2D eigenvalue weighted by atomic mass is 15.0. The lowest BCUT2D eigenvalue weighted by Crippen LogP contribution is -2.00. The van der Waals surface area contributed by atoms with Crippen LogP contribution >= 0.6 is 0 Å². The molecular formula is C37H25N5. The van der Waals surface area contributed by atoms with Gasteiger partial charge < -0.3 is 0 Å². The Morgan fingerprint density at radius 2 is 0.786 bits per heavy atom. The Kier molecular flexibility index (Phi) is 6.81. The standard InChI is InChI=1S/C37H25N5/c1-4-12-26(13-5-1)33-19-10-20-34(39-33)31-22-30(29-18-11-21-38-25-29)23-32(24-31)37-41-35(27-14-6-2-7-15-27)40-36(42-37)28-16-8-3-9-17-28/h1-25H. The third-order valence-electron chi connectivity index (χ3n) is 7.00. The number of nitrogens with zero attached hydrogens (tertiary/aromatic N) is 5. The Hall–Kier alpha value is -5.81. The predicted octanol–water partition coefficient (Wildman–Crippen LogP) is 8.66. The monoisotopic (exact) mass is 539 g/mol. The number of hydrogen-bond donors (Lipinski definition) is 0. The highest BCUT2D eigenvalue weighted by molar-refractivity contribution is 5.79. The molecule has 0 saturated heterocycles. The zero-order valence-corrected chi connectivity index (χ0v) is 22.7. The second-order valence-electron chi connectivity index (χ2n) is 9.85. The predicted molar refractivity (Wildman–Crippen MR) is 168 cm³/mol. The minimum Gasteiger partial charge on any atom is -0.264 e. The van der Waals surface area contributed by atoms with Crippen LogP contribution in [0.2, 0.25) is 0 Å². The van der Waals surface area contributed by atoms with E-state index < -0.39 is 0 Å². The minimum atomic E-state index is 0.592. The number of aromatic nitrogens is 5. The molecule has 0 aliphatic carbocycles. The smallest absolute Gasteiger partial charge is 0.164 e. The van der Waals surface area contributed by atoms with Gasteiger partial charge in [0, 0.05) is 45.8 Å². The molecule has 0 radical (unpaired) electrons. The molecule has 7 rings (SSSR count). The summed E-state index contributed by atoms with van der Waals surface area (Å²) < 4.78 is 0. The minimum absolute atomic E-state index is 0.592. The second kappa shape index (κ2) is 11.4. The quantitative estimate of drug-likeness (QED) is 0.212. The molecule has 0 spiro atoms. The third-order valence-corrected chi connectivity index (χ3v) is 7.00. The molecule has 3 aromatic heterocycles. The van der Waals surface area contributed by atoms with Gasteiger partial charge in [-0.25, -0.2) is 19.9 Å². The summed E-state index contributed by atoms with van der Waals surface area (Å²) in [7, 11) is 0. The van der Waals surface area contributed by atoms with Crippen LogP contribution in [0.15, 0.2) is 152 Å². The summed E-state index contributed by atoms with van der Waals surface area (Å²) in [6.07, 6.45) is 3.65. The average molecular weight is 540 g/mol. The molecule has 198 valence electrons. The van der Waals surface area contributed by atoms with E-state index in [4.69, 9.17) is 19.9 Å². The molecule has 0 N–H and O–H groups in total. The summed E-state index contributed by atoms with van der Waals surface area (Å²) in [5.74, 6) is 1.84. The van der Waals surface area contributed by atoms with Gasteiger partial charge >= 0.3 is 0 Å². The van der Waals surface area contributed by atoms with Gasteiger partial charge in [-0.2, -0.15) is 0 Å². The van der Waals surface area contributed by atoms with E-state index >= 15 is 0 Å². The van der Waals surface area contributed by atoms with Crippen LogP contribution in [0, 0.1) is 0 Å². The molecule has 0 amide bonds. The Balaban J connectivity index is 1.43. The molecular weight excluding hydrogens is 514 g/mol. The van der Waals surface area contributed by atoms with Gasteiger partial charge in [0.05, 0.1) is 11.4 Å². The molecule has 7 aromatic rings. The maximum Gasteiger partial charge on any atom is 0.164 e. The summed E-state index contributed by atoms with van der Waals surface area (Å²) in [4.78, 5) is 24.2. The highest BCUT2D eigenvalue weighted by Crippen LogP contribution is 2.33. The SMILES string of the molecule is c1ccc(-c2cccc(-c3cc(-c4cccnc4)cc(-c4nc(-c5ccccc5)nc(-c5ccccc5)n4)c3)n2)cc1. The van der Waals surface area contributed by atoms with Gasteiger partial charge in [0.2, 0.25) is 0 Å². The van der Waals surface area contributed by atoms with E-state index in [0.717, 1.165) is 50.3 Å². The number of pyridine rings is 2. The van der Waals surface area contributed by atoms with Crippen LogP contribution in [0.5, 0.6) is 0 Å². The van der Waals surface area contributed by atoms with Crippen molar-refractivity contribution >= 4 is 0 Å². The van der Waals surface area contributed by atoms with Gasteiger partial charge in [0.25, 0.3) is 0 Å². The first-order chi connectivity index (χ1) is 20.8. The first-order valence-corrected chi connectivity index (χ1v) is 13.8. The van der Waals surface area contributed by atoms with Crippen LogP contribution in [0.4, 0.5) is 0 Å². The zero-order chi connectivity index (χ0) is 28.1. The average Bonchev–Trinajstić information content (AvgIpc) is 3.09. The molecule has 4 aromatic carbocycles. The third kappa shape index (κ3) is 5.31. The fourth-order valence-electron chi connectivity index (χ4n) is 4.91. The molecule has 0 bridgehead atoms. The van der Waals surface area contributed by atoms with Crippen LogP contribution < -0.4 is 0 Å². The van der Waals surface area contributed by atoms with Crippen molar-refractivity contribution < 1.29 is 0 Å². The van der Waals surface area contributed by atoms with E-state index in [0.29, 0.717) is 17.5 Å². The van der Waals surface area contributed by atoms with Crippen LogP contribution in [0.3, 0.4) is 0 Å². The van der Waals surface area contributed by atoms with E-state index in [-0.39, 0.29) is 0 Å². The summed E-state index contributed by atoms with van der Waals surface area (Å²) in [5.41, 5.74) is 8.55. The lowest BCUT2D eigenvalue weighted by molar-refractivity contribution is 1.07. The zero-order valence-electron chi connectivity index (χ0n) is 22.7. The molecule has 5 nitrogen and oxygen atoms in total. The first-order valence-electron chi connectivity index (χ1n) is 13.8. The first kappa shape index (κ1) is 25.2. The molecule has 42 heavy (non-hydrogen) atoms. The number of hydrogen-bond acceptors (Lipinski definition) is 5. The maximum absolute atomic E-state index is 5.04. The number of rotatable bonds is 6. The van der Waals surface area contributed by atoms with Crippen LogP contribution in [0.25, 0.3) is 67.8 Å². The van der Waals surface area contributed by atoms with Gasteiger partial charge in [0.1, 0.15) is 0 Å². The van der Waals surface area contributed by atoms with E-state index in [1.165, 1.54) is 0 Å². The largest absolute Gasteiger partial charge is 0.264 e. The van der Waals surface area contributed by atoms with Crippen molar-refractivity contribution in [2.75, 3.05) is 0 Å². The van der Waals surface area contributed by atoms with Crippen LogP contribution in [-0.4, -0.2) is 24.9 Å². The lowest BCUT2D eigenvalue weighted by Gasteiger charge is -2.12. The fraction of sp³-hybridized carbons (Fsp3) is 0. The molecule has 0 atom stereocenters. The van der Waals surface area contributed by atoms with Crippen LogP contribution in [0.1, 0.15) is 0 Å². The molecule has 0 unspecified atom stereocenters.